The van der Waals surface area contributed by atoms with Crippen LogP contribution in [0.1, 0.15) is 45.0 Å². The molecular formula is C14H26BrN3O. The molecule has 0 saturated carbocycles. The molecule has 0 bridgehead atoms. The molecule has 1 aromatic heterocycles. The molecule has 3 N–H and O–H groups in total. The lowest BCUT2D eigenvalue weighted by atomic mass is 9.80. The second-order valence-electron chi connectivity index (χ2n) is 5.17. The molecule has 110 valence electrons. The Morgan fingerprint density at radius 2 is 2.05 bits per heavy atom. The summed E-state index contributed by atoms with van der Waals surface area (Å²) in [5.74, 6) is 0. The molecule has 19 heavy (non-hydrogen) atoms. The van der Waals surface area contributed by atoms with Gasteiger partial charge in [0.1, 0.15) is 0 Å². The third-order valence-electron chi connectivity index (χ3n) is 3.79. The van der Waals surface area contributed by atoms with Crippen LogP contribution < -0.4 is 5.73 Å². The highest BCUT2D eigenvalue weighted by atomic mass is 79.9. The monoisotopic (exact) mass is 331 g/mol. The number of aryl methyl sites for hydroxylation is 2. The summed E-state index contributed by atoms with van der Waals surface area (Å²) in [5, 5.41) is 14.4. The number of aliphatic hydroxyl groups excluding tert-OH is 1. The maximum atomic E-state index is 9.76. The predicted octanol–water partition coefficient (Wildman–Crippen LogP) is 2.51. The van der Waals surface area contributed by atoms with E-state index in [-0.39, 0.29) is 12.0 Å². The van der Waals surface area contributed by atoms with Gasteiger partial charge in [0.15, 0.2) is 0 Å². The first-order valence-corrected chi connectivity index (χ1v) is 7.91. The van der Waals surface area contributed by atoms with Gasteiger partial charge in [0.05, 0.1) is 22.5 Å². The van der Waals surface area contributed by atoms with Crippen molar-refractivity contribution in [2.24, 2.45) is 11.1 Å². The van der Waals surface area contributed by atoms with Crippen LogP contribution in [0, 0.1) is 5.41 Å². The van der Waals surface area contributed by atoms with Crippen molar-refractivity contribution in [3.05, 3.63) is 15.9 Å². The largest absolute Gasteiger partial charge is 0.396 e. The molecule has 5 heteroatoms. The first-order valence-electron chi connectivity index (χ1n) is 7.12. The van der Waals surface area contributed by atoms with E-state index in [1.54, 1.807) is 0 Å². The number of halogens is 1. The van der Waals surface area contributed by atoms with Crippen LogP contribution in [0.15, 0.2) is 4.47 Å². The molecule has 0 aliphatic carbocycles. The zero-order chi connectivity index (χ0) is 14.5. The van der Waals surface area contributed by atoms with Crippen LogP contribution in [0.4, 0.5) is 0 Å². The summed E-state index contributed by atoms with van der Waals surface area (Å²) in [7, 11) is 0. The summed E-state index contributed by atoms with van der Waals surface area (Å²) >= 11 is 3.66. The van der Waals surface area contributed by atoms with Crippen molar-refractivity contribution >= 4 is 15.9 Å². The smallest absolute Gasteiger partial charge is 0.0766 e. The van der Waals surface area contributed by atoms with Gasteiger partial charge in [0.2, 0.25) is 0 Å². The van der Waals surface area contributed by atoms with Gasteiger partial charge in [-0.05, 0) is 42.1 Å². The summed E-state index contributed by atoms with van der Waals surface area (Å²) in [4.78, 5) is 0. The van der Waals surface area contributed by atoms with E-state index in [1.807, 2.05) is 4.68 Å². The first-order chi connectivity index (χ1) is 9.07. The van der Waals surface area contributed by atoms with E-state index < -0.39 is 0 Å². The minimum atomic E-state index is -0.227. The van der Waals surface area contributed by atoms with Gasteiger partial charge in [-0.15, -0.1) is 0 Å². The van der Waals surface area contributed by atoms with Crippen molar-refractivity contribution in [2.45, 2.75) is 53.0 Å². The Bertz CT molecular complexity index is 400. The minimum absolute atomic E-state index is 0.125. The standard InChI is InChI=1S/C14H26BrN3O/c1-4-7-14(9-16,10-19)8-12-13(15)11(5-2)17-18(12)6-3/h19H,4-10,16H2,1-3H3. The van der Waals surface area contributed by atoms with Crippen LogP contribution >= 0.6 is 15.9 Å². The van der Waals surface area contributed by atoms with E-state index in [9.17, 15) is 5.11 Å². The summed E-state index contributed by atoms with van der Waals surface area (Å²) in [6.07, 6.45) is 3.64. The molecule has 0 aromatic carbocycles. The van der Waals surface area contributed by atoms with Gasteiger partial charge in [-0.3, -0.25) is 4.68 Å². The van der Waals surface area contributed by atoms with E-state index in [0.717, 1.165) is 48.1 Å². The second-order valence-corrected chi connectivity index (χ2v) is 5.96. The molecule has 0 aliphatic rings. The van der Waals surface area contributed by atoms with Crippen molar-refractivity contribution in [1.82, 2.24) is 9.78 Å². The topological polar surface area (TPSA) is 64.1 Å². The van der Waals surface area contributed by atoms with Gasteiger partial charge in [0.25, 0.3) is 0 Å². The Balaban J connectivity index is 3.11. The van der Waals surface area contributed by atoms with Crippen LogP contribution in [-0.2, 0) is 19.4 Å². The first kappa shape index (κ1) is 16.7. The van der Waals surface area contributed by atoms with Gasteiger partial charge >= 0.3 is 0 Å². The highest BCUT2D eigenvalue weighted by Gasteiger charge is 2.30. The quantitative estimate of drug-likeness (QED) is 0.769. The maximum absolute atomic E-state index is 9.76. The van der Waals surface area contributed by atoms with Gasteiger partial charge in [-0.25, -0.2) is 0 Å². The van der Waals surface area contributed by atoms with Gasteiger partial charge < -0.3 is 10.8 Å². The lowest BCUT2D eigenvalue weighted by Gasteiger charge is -2.30. The summed E-state index contributed by atoms with van der Waals surface area (Å²) in [6, 6.07) is 0. The fraction of sp³-hybridized carbons (Fsp3) is 0.786. The van der Waals surface area contributed by atoms with Crippen LogP contribution in [0.3, 0.4) is 0 Å². The molecule has 1 atom stereocenters. The van der Waals surface area contributed by atoms with Crippen molar-refractivity contribution in [3.8, 4) is 0 Å². The van der Waals surface area contributed by atoms with Crippen molar-refractivity contribution in [3.63, 3.8) is 0 Å². The van der Waals surface area contributed by atoms with E-state index >= 15 is 0 Å². The zero-order valence-corrected chi connectivity index (χ0v) is 13.8. The molecule has 0 amide bonds. The van der Waals surface area contributed by atoms with Gasteiger partial charge in [-0.1, -0.05) is 20.3 Å². The number of hydrogen-bond acceptors (Lipinski definition) is 3. The normalized spacial score (nSPS) is 14.6. The number of rotatable bonds is 8. The molecule has 0 aliphatic heterocycles. The molecule has 1 heterocycles. The molecule has 0 fully saturated rings. The van der Waals surface area contributed by atoms with Gasteiger partial charge in [0, 0.05) is 18.5 Å². The minimum Gasteiger partial charge on any atom is -0.396 e. The summed E-state index contributed by atoms with van der Waals surface area (Å²) in [6.45, 7) is 7.78. The molecule has 1 aromatic rings. The van der Waals surface area contributed by atoms with Crippen LogP contribution in [0.5, 0.6) is 0 Å². The van der Waals surface area contributed by atoms with Crippen LogP contribution in [0.2, 0.25) is 0 Å². The SMILES string of the molecule is CCCC(CN)(CO)Cc1c(Br)c(CC)nn1CC. The maximum Gasteiger partial charge on any atom is 0.0766 e. The Morgan fingerprint density at radius 3 is 2.47 bits per heavy atom. The number of hydrogen-bond donors (Lipinski definition) is 2. The third kappa shape index (κ3) is 3.58. The van der Waals surface area contributed by atoms with E-state index in [4.69, 9.17) is 5.73 Å². The molecule has 0 radical (unpaired) electrons. The average molecular weight is 332 g/mol. The Morgan fingerprint density at radius 1 is 1.37 bits per heavy atom. The summed E-state index contributed by atoms with van der Waals surface area (Å²) in [5.41, 5.74) is 7.94. The zero-order valence-electron chi connectivity index (χ0n) is 12.2. The highest BCUT2D eigenvalue weighted by Crippen LogP contribution is 2.32. The Labute approximate surface area is 124 Å². The predicted molar refractivity (Wildman–Crippen MR) is 82.2 cm³/mol. The second kappa shape index (κ2) is 7.41. The molecule has 1 rings (SSSR count). The van der Waals surface area contributed by atoms with Crippen molar-refractivity contribution < 1.29 is 5.11 Å². The lowest BCUT2D eigenvalue weighted by molar-refractivity contribution is 0.118. The third-order valence-corrected chi connectivity index (χ3v) is 4.70. The van der Waals surface area contributed by atoms with Crippen molar-refractivity contribution in [1.29, 1.82) is 0 Å². The number of nitrogens with zero attached hydrogens (tertiary/aromatic N) is 2. The number of aromatic nitrogens is 2. The van der Waals surface area contributed by atoms with E-state index in [1.165, 1.54) is 0 Å². The molecule has 1 unspecified atom stereocenters. The van der Waals surface area contributed by atoms with E-state index in [0.29, 0.717) is 6.54 Å². The van der Waals surface area contributed by atoms with Gasteiger partial charge in [-0.2, -0.15) is 5.10 Å². The average Bonchev–Trinajstić information content (AvgIpc) is 2.74. The van der Waals surface area contributed by atoms with Crippen LogP contribution in [-0.4, -0.2) is 28.0 Å². The fourth-order valence-electron chi connectivity index (χ4n) is 2.53. The number of nitrogens with two attached hydrogens (primary N) is 1. The molecule has 0 spiro atoms. The highest BCUT2D eigenvalue weighted by molar-refractivity contribution is 9.10. The Kier molecular flexibility index (Phi) is 6.50. The fourth-order valence-corrected chi connectivity index (χ4v) is 3.24. The van der Waals surface area contributed by atoms with Crippen LogP contribution in [0.25, 0.3) is 0 Å². The number of aliphatic hydroxyl groups is 1. The molecule has 0 saturated heterocycles. The molecule has 4 nitrogen and oxygen atoms in total. The lowest BCUT2D eigenvalue weighted by Crippen LogP contribution is -2.37. The summed E-state index contributed by atoms with van der Waals surface area (Å²) < 4.78 is 3.11. The van der Waals surface area contributed by atoms with Crippen molar-refractivity contribution in [2.75, 3.05) is 13.2 Å². The van der Waals surface area contributed by atoms with E-state index in [2.05, 4.69) is 41.8 Å². The molecular weight excluding hydrogens is 306 g/mol. The Hall–Kier alpha value is -0.390.